The molecule has 1 amide bonds. The Morgan fingerprint density at radius 1 is 1.02 bits per heavy atom. The highest BCUT2D eigenvalue weighted by atomic mass is 35.5. The SMILES string of the molecule is CCCC(C)OC(=O)OCN1C(=O)CCc2ccc(OCCCCN3CCN(c4cccc(Cl)c4Cl)CC3)cc21. The van der Waals surface area contributed by atoms with E-state index in [2.05, 4.69) is 9.80 Å². The van der Waals surface area contributed by atoms with Crippen molar-refractivity contribution >= 4 is 46.6 Å². The van der Waals surface area contributed by atoms with Crippen LogP contribution in [0.2, 0.25) is 10.0 Å². The smallest absolute Gasteiger partial charge is 0.494 e. The second-order valence-corrected chi connectivity index (χ2v) is 11.1. The van der Waals surface area contributed by atoms with E-state index in [1.807, 2.05) is 50.2 Å². The minimum atomic E-state index is -0.761. The molecule has 1 unspecified atom stereocenters. The molecule has 2 aliphatic heterocycles. The Labute approximate surface area is 247 Å². The highest BCUT2D eigenvalue weighted by molar-refractivity contribution is 6.43. The Morgan fingerprint density at radius 3 is 2.60 bits per heavy atom. The fraction of sp³-hybridized carbons (Fsp3) is 0.533. The van der Waals surface area contributed by atoms with Crippen molar-refractivity contribution in [3.63, 3.8) is 0 Å². The van der Waals surface area contributed by atoms with E-state index < -0.39 is 6.16 Å². The summed E-state index contributed by atoms with van der Waals surface area (Å²) in [5.74, 6) is 0.612. The molecule has 218 valence electrons. The van der Waals surface area contributed by atoms with Gasteiger partial charge >= 0.3 is 6.16 Å². The van der Waals surface area contributed by atoms with Crippen LogP contribution in [0, 0.1) is 0 Å². The maximum absolute atomic E-state index is 12.6. The summed E-state index contributed by atoms with van der Waals surface area (Å²) in [7, 11) is 0. The van der Waals surface area contributed by atoms with Gasteiger partial charge in [-0.2, -0.15) is 0 Å². The third-order valence-electron chi connectivity index (χ3n) is 7.34. The first-order valence-corrected chi connectivity index (χ1v) is 14.9. The van der Waals surface area contributed by atoms with Crippen LogP contribution in [0.25, 0.3) is 0 Å². The lowest BCUT2D eigenvalue weighted by molar-refractivity contribution is -0.119. The zero-order valence-corrected chi connectivity index (χ0v) is 24.9. The molecule has 2 aromatic carbocycles. The van der Waals surface area contributed by atoms with Crippen molar-refractivity contribution in [1.82, 2.24) is 4.90 Å². The van der Waals surface area contributed by atoms with Gasteiger partial charge in [0.2, 0.25) is 5.91 Å². The van der Waals surface area contributed by atoms with Crippen LogP contribution in [-0.2, 0) is 20.7 Å². The highest BCUT2D eigenvalue weighted by Crippen LogP contribution is 2.33. The van der Waals surface area contributed by atoms with Crippen LogP contribution in [0.3, 0.4) is 0 Å². The average Bonchev–Trinajstić information content (AvgIpc) is 2.94. The molecule has 2 aromatic rings. The van der Waals surface area contributed by atoms with Crippen LogP contribution in [0.1, 0.15) is 51.5 Å². The van der Waals surface area contributed by atoms with Gasteiger partial charge in [-0.1, -0.05) is 48.7 Å². The molecule has 0 N–H and O–H groups in total. The second kappa shape index (κ2) is 14.8. The van der Waals surface area contributed by atoms with Gasteiger partial charge < -0.3 is 19.1 Å². The average molecular weight is 593 g/mol. The standard InChI is InChI=1S/C30H39Cl2N3O5/c1-3-7-22(2)40-30(37)39-21-35-27-20-24(12-10-23(27)11-13-28(35)36)38-19-5-4-14-33-15-17-34(18-16-33)26-9-6-8-25(31)29(26)32/h6,8-10,12,20,22H,3-5,7,11,13-19,21H2,1-2H3. The number of hydrogen-bond donors (Lipinski definition) is 0. The molecule has 0 spiro atoms. The molecule has 1 fully saturated rings. The van der Waals surface area contributed by atoms with Crippen LogP contribution in [-0.4, -0.2) is 69.1 Å². The van der Waals surface area contributed by atoms with E-state index in [1.165, 1.54) is 4.90 Å². The third kappa shape index (κ3) is 8.18. The zero-order chi connectivity index (χ0) is 28.5. The normalized spacial score (nSPS) is 16.4. The quantitative estimate of drug-likeness (QED) is 0.204. The predicted molar refractivity (Wildman–Crippen MR) is 159 cm³/mol. The van der Waals surface area contributed by atoms with Gasteiger partial charge in [0.05, 0.1) is 28.0 Å². The van der Waals surface area contributed by atoms with Crippen molar-refractivity contribution in [2.75, 3.05) is 55.9 Å². The van der Waals surface area contributed by atoms with Crippen molar-refractivity contribution in [2.24, 2.45) is 0 Å². The first-order chi connectivity index (χ1) is 19.4. The van der Waals surface area contributed by atoms with E-state index in [4.69, 9.17) is 37.4 Å². The lowest BCUT2D eigenvalue weighted by Crippen LogP contribution is -2.46. The molecule has 1 saturated heterocycles. The van der Waals surface area contributed by atoms with Crippen molar-refractivity contribution < 1.29 is 23.8 Å². The van der Waals surface area contributed by atoms with Gasteiger partial charge in [-0.25, -0.2) is 4.79 Å². The lowest BCUT2D eigenvalue weighted by atomic mass is 10.0. The zero-order valence-electron chi connectivity index (χ0n) is 23.4. The molecule has 0 radical (unpaired) electrons. The number of fused-ring (bicyclic) bond motifs is 1. The Morgan fingerprint density at radius 2 is 1.82 bits per heavy atom. The molecule has 0 aliphatic carbocycles. The topological polar surface area (TPSA) is 71.5 Å². The van der Waals surface area contributed by atoms with Crippen LogP contribution in [0.5, 0.6) is 5.75 Å². The van der Waals surface area contributed by atoms with E-state index in [0.29, 0.717) is 35.2 Å². The summed E-state index contributed by atoms with van der Waals surface area (Å²) in [5.41, 5.74) is 2.75. The first-order valence-electron chi connectivity index (χ1n) is 14.2. The Balaban J connectivity index is 1.20. The molecule has 10 heteroatoms. The number of anilines is 2. The molecule has 0 aromatic heterocycles. The van der Waals surface area contributed by atoms with Gasteiger partial charge in [0.1, 0.15) is 11.9 Å². The molecule has 4 rings (SSSR count). The number of unbranched alkanes of at least 4 members (excludes halogenated alkanes) is 1. The number of hydrogen-bond acceptors (Lipinski definition) is 7. The van der Waals surface area contributed by atoms with E-state index in [-0.39, 0.29) is 18.7 Å². The van der Waals surface area contributed by atoms with Gasteiger partial charge in [0, 0.05) is 38.7 Å². The van der Waals surface area contributed by atoms with Gasteiger partial charge in [-0.15, -0.1) is 0 Å². The van der Waals surface area contributed by atoms with Gasteiger partial charge in [-0.3, -0.25) is 14.6 Å². The van der Waals surface area contributed by atoms with Crippen LogP contribution in [0.15, 0.2) is 36.4 Å². The minimum absolute atomic E-state index is 0.0863. The third-order valence-corrected chi connectivity index (χ3v) is 8.15. The van der Waals surface area contributed by atoms with Gasteiger partial charge in [0.15, 0.2) is 6.73 Å². The Bertz CT molecular complexity index is 1160. The number of carbonyl (C=O) groups is 2. The summed E-state index contributed by atoms with van der Waals surface area (Å²) < 4.78 is 16.5. The number of benzene rings is 2. The lowest BCUT2D eigenvalue weighted by Gasteiger charge is -2.36. The summed E-state index contributed by atoms with van der Waals surface area (Å²) in [6.45, 7) is 9.06. The Kier molecular flexibility index (Phi) is 11.2. The number of nitrogens with zero attached hydrogens (tertiary/aromatic N) is 3. The van der Waals surface area contributed by atoms with Crippen LogP contribution in [0.4, 0.5) is 16.2 Å². The number of rotatable bonds is 12. The van der Waals surface area contributed by atoms with Gasteiger partial charge in [-0.05, 0) is 62.9 Å². The number of carbonyl (C=O) groups excluding carboxylic acids is 2. The first kappa shape index (κ1) is 30.3. The van der Waals surface area contributed by atoms with Gasteiger partial charge in [0.25, 0.3) is 0 Å². The number of ether oxygens (including phenoxy) is 3. The molecule has 2 aliphatic rings. The second-order valence-electron chi connectivity index (χ2n) is 10.3. The maximum Gasteiger partial charge on any atom is 0.510 e. The summed E-state index contributed by atoms with van der Waals surface area (Å²) >= 11 is 12.6. The summed E-state index contributed by atoms with van der Waals surface area (Å²) in [5, 5.41) is 1.21. The largest absolute Gasteiger partial charge is 0.510 e. The minimum Gasteiger partial charge on any atom is -0.494 e. The number of amides is 1. The molecule has 1 atom stereocenters. The molecular formula is C30H39Cl2N3O5. The molecule has 40 heavy (non-hydrogen) atoms. The number of aryl methyl sites for hydroxylation is 1. The highest BCUT2D eigenvalue weighted by Gasteiger charge is 2.26. The molecular weight excluding hydrogens is 553 g/mol. The van der Waals surface area contributed by atoms with Crippen LogP contribution < -0.4 is 14.5 Å². The number of halogens is 2. The van der Waals surface area contributed by atoms with E-state index >= 15 is 0 Å². The molecule has 2 heterocycles. The fourth-order valence-electron chi connectivity index (χ4n) is 5.11. The molecule has 0 bridgehead atoms. The summed E-state index contributed by atoms with van der Waals surface area (Å²) in [6.07, 6.45) is 3.66. The summed E-state index contributed by atoms with van der Waals surface area (Å²) in [4.78, 5) is 30.9. The predicted octanol–water partition coefficient (Wildman–Crippen LogP) is 6.55. The van der Waals surface area contributed by atoms with E-state index in [9.17, 15) is 9.59 Å². The van der Waals surface area contributed by atoms with Crippen molar-refractivity contribution in [1.29, 1.82) is 0 Å². The van der Waals surface area contributed by atoms with E-state index in [0.717, 1.165) is 75.3 Å². The number of piperazine rings is 1. The Hall–Kier alpha value is -2.68. The van der Waals surface area contributed by atoms with Crippen molar-refractivity contribution in [2.45, 2.75) is 58.5 Å². The van der Waals surface area contributed by atoms with Crippen LogP contribution >= 0.6 is 23.2 Å². The monoisotopic (exact) mass is 591 g/mol. The van der Waals surface area contributed by atoms with Crippen molar-refractivity contribution in [3.8, 4) is 5.75 Å². The van der Waals surface area contributed by atoms with E-state index in [1.54, 1.807) is 0 Å². The molecule has 8 nitrogen and oxygen atoms in total. The maximum atomic E-state index is 12.6. The fourth-order valence-corrected chi connectivity index (χ4v) is 5.52. The summed E-state index contributed by atoms with van der Waals surface area (Å²) in [6, 6.07) is 11.6. The molecule has 0 saturated carbocycles. The van der Waals surface area contributed by atoms with Crippen molar-refractivity contribution in [3.05, 3.63) is 52.0 Å².